The Morgan fingerprint density at radius 1 is 0.384 bits per heavy atom. The van der Waals surface area contributed by atoms with Gasteiger partial charge in [0.15, 0.2) is 47.1 Å². The van der Waals surface area contributed by atoms with Gasteiger partial charge in [0.2, 0.25) is 70.4 Å². The summed E-state index contributed by atoms with van der Waals surface area (Å²) < 4.78 is 13.2. The predicted octanol–water partition coefficient (Wildman–Crippen LogP) is -0.313. The summed E-state index contributed by atoms with van der Waals surface area (Å²) in [5.74, 6) is -15.5. The molecule has 1 aliphatic heterocycles. The molecule has 11 amide bonds. The van der Waals surface area contributed by atoms with Gasteiger partial charge in [-0.15, -0.1) is 0 Å². The molecule has 0 unspecified atom stereocenters. The number of carbonyl (C=O) groups excluding carboxylic acids is 12. The van der Waals surface area contributed by atoms with Gasteiger partial charge < -0.3 is 156 Å². The number of phenolic OH excluding ortho intramolecular Hbond substituents is 1. The van der Waals surface area contributed by atoms with E-state index in [-0.39, 0.29) is 253 Å². The number of esters is 1. The fraction of sp³-hybridized carbons (Fsp3) is 0.531. The zero-order valence-electron chi connectivity index (χ0n) is 75.0. The molecule has 9 atom stereocenters. The van der Waals surface area contributed by atoms with Crippen LogP contribution in [0.2, 0.25) is 20.1 Å². The summed E-state index contributed by atoms with van der Waals surface area (Å²) in [4.78, 5) is 197. The van der Waals surface area contributed by atoms with Gasteiger partial charge in [-0.2, -0.15) is 0 Å². The van der Waals surface area contributed by atoms with Gasteiger partial charge in [0.05, 0.1) is 49.5 Å². The second kappa shape index (κ2) is 62.7. The fourth-order valence-electron chi connectivity index (χ4n) is 13.7. The first-order valence-corrected chi connectivity index (χ1v) is 49.4. The number of nitrogens with one attached hydrogen (secondary N) is 22. The first kappa shape index (κ1) is 120. The Hall–Kier alpha value is -10.3. The lowest BCUT2D eigenvalue weighted by Crippen LogP contribution is -2.60. The number of carboxylic acid groups (broad SMARTS) is 1. The summed E-state index contributed by atoms with van der Waals surface area (Å²) in [6, 6.07) is -10.9. The lowest BCUT2D eigenvalue weighted by molar-refractivity contribution is -0.142. The van der Waals surface area contributed by atoms with E-state index in [1.54, 1.807) is 12.1 Å². The van der Waals surface area contributed by atoms with Crippen molar-refractivity contribution in [3.63, 3.8) is 0 Å². The molecule has 0 saturated carbocycles. The van der Waals surface area contributed by atoms with Crippen molar-refractivity contribution in [3.05, 3.63) is 62.3 Å². The van der Waals surface area contributed by atoms with E-state index in [1.165, 1.54) is 0 Å². The zero-order valence-corrected chi connectivity index (χ0v) is 86.7. The quantitative estimate of drug-likeness (QED) is 0.00394. The Morgan fingerprint density at radius 3 is 1.08 bits per heavy atom. The number of carboxylic acids is 1. The lowest BCUT2D eigenvalue weighted by Gasteiger charge is -2.28. The molecule has 0 bridgehead atoms. The minimum Gasteiger partial charge on any atom is -0.506 e. The molecule has 42 N–H and O–H groups in total. The Morgan fingerprint density at radius 2 is 0.725 bits per heavy atom. The third-order valence-corrected chi connectivity index (χ3v) is 26.1. The van der Waals surface area contributed by atoms with Gasteiger partial charge >= 0.3 is 11.9 Å². The smallest absolute Gasteiger partial charge is 0.340 e. The van der Waals surface area contributed by atoms with Crippen molar-refractivity contribution in [3.8, 4) is 28.2 Å². The Labute approximate surface area is 868 Å². The van der Waals surface area contributed by atoms with Crippen LogP contribution >= 0.6 is 137 Å². The average molecular weight is 2470 g/mol. The molecule has 764 valence electrons. The zero-order chi connectivity index (χ0) is 103. The monoisotopic (exact) mass is 2460 g/mol. The van der Waals surface area contributed by atoms with Crippen molar-refractivity contribution in [2.45, 2.75) is 208 Å². The second-order valence-electron chi connectivity index (χ2n) is 31.4. The molecule has 2 aliphatic rings. The normalized spacial score (nSPS) is 13.0. The molecule has 1 heterocycles. The number of amides is 11. The van der Waals surface area contributed by atoms with Crippen molar-refractivity contribution in [1.82, 2.24) is 85.1 Å². The number of hydrogen-bond donors (Lipinski definition) is 33. The van der Waals surface area contributed by atoms with Crippen LogP contribution in [0.25, 0.3) is 33.4 Å². The Bertz CT molecular complexity index is 5050. The highest BCUT2D eigenvalue weighted by atomic mass is 127. The number of ether oxygens (including phenoxy) is 1. The number of carbonyl (C=O) groups is 13. The number of benzene rings is 3. The minimum atomic E-state index is -1.77. The predicted molar refractivity (Wildman–Crippen MR) is 553 cm³/mol. The highest BCUT2D eigenvalue weighted by Gasteiger charge is 2.39. The number of nitrogens with two attached hydrogens (primary N) is 9. The van der Waals surface area contributed by atoms with E-state index in [0.29, 0.717) is 37.4 Å². The van der Waals surface area contributed by atoms with Gasteiger partial charge in [-0.25, -0.2) is 9.59 Å². The summed E-state index contributed by atoms with van der Waals surface area (Å²) in [7, 11) is 0. The molecular formula is C81H121Cl4I4N31O18. The number of aromatic hydroxyl groups is 1. The molecule has 0 aromatic heterocycles. The number of primary amides is 1. The van der Waals surface area contributed by atoms with E-state index in [9.17, 15) is 77.3 Å². The number of phenols is 1. The number of rotatable bonds is 63. The van der Waals surface area contributed by atoms with Crippen LogP contribution in [0.15, 0.2) is 21.3 Å². The van der Waals surface area contributed by atoms with Crippen LogP contribution in [-0.4, -0.2) is 243 Å². The standard InChI is InChI=1S/C81H121Cl4I4N31O18/c82-56-54(53-37-34-39(86)62(124)60(88)64(37)138-65-38(53)35-40(87)63(125)61(65)89)55(57(83)59(85)58(56)84)75(136)137-33-7-1-2-22-51(122)111-36-52(123)112-41(16-8-27-105-76(93)94)66(126)113-42(14-3-5-25-90)67(127)114-43(15-4-6-26-91)68(128)115-44(17-9-28-106-77(95)96)69(129)116-46(19-11-30-108-79(99)100)71(131)119-48(23-24-50(92)121)73(133)118-45(18-10-29-107-78(97)98)70(130)117-47(20-12-31-109-80(101)102)72(132)120-49(74(134)135)21-13-32-110-81(103)104/h34-35,41-49,124H,1-33,36,90-91H2,(H2,92,121)(H,111,122)(H,112,123)(H,113,126)(H,114,127)(H,115,128)(H,116,129)(H,117,130)(H,118,133)(H,119,131)(H,120,132)(H,134,135)(H4,93,94,105)(H4,95,96,106)(H4,97,98,107)(H4,99,100,108)(H4,101,102,109)(H4,103,104,110)/t41-,42-,43-,44-,45-,46-,47-,48-,49-/m0/s1. The average Bonchev–Trinajstić information content (AvgIpc) is 0.716. The maximum absolute atomic E-state index is 15.0. The van der Waals surface area contributed by atoms with Crippen molar-refractivity contribution < 1.29 is 81.7 Å². The van der Waals surface area contributed by atoms with Crippen LogP contribution in [0.4, 0.5) is 0 Å². The van der Waals surface area contributed by atoms with Gasteiger partial charge in [-0.1, -0.05) is 46.4 Å². The van der Waals surface area contributed by atoms with Gasteiger partial charge in [-0.3, -0.25) is 90.0 Å². The highest BCUT2D eigenvalue weighted by molar-refractivity contribution is 14.1. The van der Waals surface area contributed by atoms with Crippen LogP contribution < -0.4 is 142 Å². The van der Waals surface area contributed by atoms with Crippen LogP contribution in [0.5, 0.6) is 5.75 Å². The Balaban J connectivity index is 1.60. The number of hydrogen-bond acceptors (Lipinski definition) is 25. The molecule has 0 saturated heterocycles. The number of halogens is 8. The van der Waals surface area contributed by atoms with E-state index >= 15 is 0 Å². The number of fused-ring (bicyclic) bond motifs is 2. The number of guanidine groups is 6. The molecule has 2 aromatic carbocycles. The van der Waals surface area contributed by atoms with Crippen LogP contribution in [-0.2, 0) is 62.3 Å². The molecular weight excluding hydrogens is 2340 g/mol. The minimum absolute atomic E-state index is 0.00156. The summed E-state index contributed by atoms with van der Waals surface area (Å²) >= 11 is 34.7. The van der Waals surface area contributed by atoms with E-state index < -0.39 is 180 Å². The van der Waals surface area contributed by atoms with Crippen molar-refractivity contribution in [2.75, 3.05) is 65.5 Å². The molecule has 0 spiro atoms. The third-order valence-electron chi connectivity index (χ3n) is 20.7. The third kappa shape index (κ3) is 41.6. The van der Waals surface area contributed by atoms with E-state index in [4.69, 9.17) is 140 Å². The number of unbranched alkanes of at least 4 members (excludes halogenated alkanes) is 4. The molecule has 1 aliphatic carbocycles. The van der Waals surface area contributed by atoms with Crippen molar-refractivity contribution in [2.24, 2.45) is 51.6 Å². The molecule has 57 heteroatoms. The van der Waals surface area contributed by atoms with Crippen molar-refractivity contribution in [1.29, 1.82) is 32.5 Å². The summed E-state index contributed by atoms with van der Waals surface area (Å²) in [5.41, 5.74) is 50.5. The van der Waals surface area contributed by atoms with E-state index in [0.717, 1.165) is 0 Å². The molecule has 4 rings (SSSR count). The van der Waals surface area contributed by atoms with Crippen LogP contribution in [0.3, 0.4) is 0 Å². The first-order chi connectivity index (χ1) is 65.2. The first-order valence-electron chi connectivity index (χ1n) is 43.6. The largest absolute Gasteiger partial charge is 0.506 e. The molecule has 0 radical (unpaired) electrons. The van der Waals surface area contributed by atoms with Crippen LogP contribution in [0.1, 0.15) is 164 Å². The fourth-order valence-corrected chi connectivity index (χ4v) is 18.3. The van der Waals surface area contributed by atoms with Gasteiger partial charge in [0, 0.05) is 74.2 Å². The summed E-state index contributed by atoms with van der Waals surface area (Å²) in [5, 5.41) is 107. The second-order valence-corrected chi connectivity index (χ2v) is 37.4. The van der Waals surface area contributed by atoms with Crippen molar-refractivity contribution >= 4 is 260 Å². The molecule has 2 aromatic rings. The highest BCUT2D eigenvalue weighted by Crippen LogP contribution is 2.53. The maximum atomic E-state index is 15.0. The van der Waals surface area contributed by atoms with Gasteiger partial charge in [0.1, 0.15) is 63.7 Å². The molecule has 138 heavy (non-hydrogen) atoms. The maximum Gasteiger partial charge on any atom is 0.340 e. The number of aliphatic carboxylic acids is 1. The topological polar surface area (TPSA) is 872 Å². The SMILES string of the molecule is N=C(N)NCCC[C@H](NC(=O)[C@H](CCCNC(=N)N)NC(=O)[C@H](CCCNC(=N)N)NC(=O)[C@H](CCC(N)=O)NC(=O)[C@H](CCCNC(=N)N)NC(=O)[C@H](CCCNC(=N)N)NC(=O)[C@H](CCCCN)NC(=O)[C@H](CCCCN)NC(=O)[C@H](CCCNC(=N)N)NC(=O)CNC(=O)CCCCCOC(=O)c1c(Cl)c(Cl)c(Cl)c(Cl)c1-c1c2cc(I)c(=O)c(I)c-2oc2c(I)c(O)c(I)cc12)C(=O)O. The van der Waals surface area contributed by atoms with Gasteiger partial charge in [0.25, 0.3) is 0 Å². The van der Waals surface area contributed by atoms with E-state index in [2.05, 4.69) is 85.1 Å². The van der Waals surface area contributed by atoms with E-state index in [1.807, 2.05) is 90.4 Å². The summed E-state index contributed by atoms with van der Waals surface area (Å²) in [6.45, 7) is -0.664. The van der Waals surface area contributed by atoms with Crippen LogP contribution in [0, 0.1) is 46.7 Å². The Kier molecular flexibility index (Phi) is 54.5. The van der Waals surface area contributed by atoms with Gasteiger partial charge in [-0.05, 0) is 257 Å². The summed E-state index contributed by atoms with van der Waals surface area (Å²) in [6.07, 6.45) is -0.851. The molecule has 0 fully saturated rings. The molecule has 49 nitrogen and oxygen atoms in total. The lowest BCUT2D eigenvalue weighted by atomic mass is 9.90.